The van der Waals surface area contributed by atoms with Crippen LogP contribution in [0.2, 0.25) is 0 Å². The first-order valence-electron chi connectivity index (χ1n) is 8.95. The van der Waals surface area contributed by atoms with Crippen molar-refractivity contribution in [2.24, 2.45) is 0 Å². The molecule has 0 aliphatic carbocycles. The number of anilines is 2. The van der Waals surface area contributed by atoms with E-state index in [1.54, 1.807) is 30.3 Å². The number of hydrogen-bond donors (Lipinski definition) is 1. The van der Waals surface area contributed by atoms with Gasteiger partial charge in [0.1, 0.15) is 12.1 Å². The molecular formula is C20H18N4O5. The molecule has 0 atom stereocenters. The lowest BCUT2D eigenvalue weighted by molar-refractivity contribution is -0.385. The fourth-order valence-electron chi connectivity index (χ4n) is 2.84. The molecule has 0 saturated carbocycles. The number of nitro groups is 1. The second-order valence-corrected chi connectivity index (χ2v) is 6.65. The van der Waals surface area contributed by atoms with E-state index in [-0.39, 0.29) is 24.2 Å². The van der Waals surface area contributed by atoms with Crippen molar-refractivity contribution in [3.05, 3.63) is 64.5 Å². The Hall–Kier alpha value is -3.88. The van der Waals surface area contributed by atoms with Gasteiger partial charge in [0.15, 0.2) is 11.5 Å². The number of aromatic nitrogens is 2. The van der Waals surface area contributed by atoms with Gasteiger partial charge in [-0.3, -0.25) is 10.1 Å². The fourth-order valence-corrected chi connectivity index (χ4v) is 2.84. The van der Waals surface area contributed by atoms with Crippen molar-refractivity contribution in [3.63, 3.8) is 0 Å². The first-order chi connectivity index (χ1) is 14.0. The third-order valence-corrected chi connectivity index (χ3v) is 4.37. The Bertz CT molecular complexity index is 1050. The molecule has 0 unspecified atom stereocenters. The highest BCUT2D eigenvalue weighted by Gasteiger charge is 2.26. The molecule has 4 rings (SSSR count). The number of fused-ring (bicyclic) bond motifs is 1. The highest BCUT2D eigenvalue weighted by Crippen LogP contribution is 2.38. The highest BCUT2D eigenvalue weighted by molar-refractivity contribution is 5.70. The van der Waals surface area contributed by atoms with E-state index in [1.807, 2.05) is 12.1 Å². The molecule has 0 bridgehead atoms. The standard InChI is InChI=1S/C20H18N4O5/c1-12(2)13-3-6-15(7-4-13)29-20-18(24(25)26)19(21-10-22-20)23-14-5-8-16-17(9-14)28-11-27-16/h3-10,12H,11H2,1-2H3,(H,21,22,23). The summed E-state index contributed by atoms with van der Waals surface area (Å²) in [7, 11) is 0. The maximum atomic E-state index is 11.7. The Morgan fingerprint density at radius 3 is 2.59 bits per heavy atom. The molecule has 3 aromatic rings. The monoisotopic (exact) mass is 394 g/mol. The Kier molecular flexibility index (Phi) is 4.86. The van der Waals surface area contributed by atoms with Gasteiger partial charge in [0.25, 0.3) is 0 Å². The summed E-state index contributed by atoms with van der Waals surface area (Å²) >= 11 is 0. The first-order valence-corrected chi connectivity index (χ1v) is 8.95. The van der Waals surface area contributed by atoms with E-state index in [0.717, 1.165) is 5.56 Å². The third kappa shape index (κ3) is 3.88. The van der Waals surface area contributed by atoms with Crippen LogP contribution >= 0.6 is 0 Å². The molecule has 2 heterocycles. The first kappa shape index (κ1) is 18.5. The molecule has 1 aliphatic heterocycles. The van der Waals surface area contributed by atoms with Gasteiger partial charge in [-0.15, -0.1) is 0 Å². The van der Waals surface area contributed by atoms with Crippen molar-refractivity contribution in [1.82, 2.24) is 9.97 Å². The Morgan fingerprint density at radius 1 is 1.10 bits per heavy atom. The predicted octanol–water partition coefficient (Wildman–Crippen LogP) is 4.77. The summed E-state index contributed by atoms with van der Waals surface area (Å²) in [6.45, 7) is 4.30. The van der Waals surface area contributed by atoms with E-state index in [4.69, 9.17) is 14.2 Å². The van der Waals surface area contributed by atoms with Gasteiger partial charge < -0.3 is 19.5 Å². The van der Waals surface area contributed by atoms with E-state index in [2.05, 4.69) is 29.1 Å². The normalized spacial score (nSPS) is 12.1. The topological polar surface area (TPSA) is 109 Å². The van der Waals surface area contributed by atoms with Crippen LogP contribution in [0.1, 0.15) is 25.3 Å². The van der Waals surface area contributed by atoms with Crippen molar-refractivity contribution in [1.29, 1.82) is 0 Å². The molecule has 0 saturated heterocycles. The van der Waals surface area contributed by atoms with Gasteiger partial charge in [0.05, 0.1) is 4.92 Å². The van der Waals surface area contributed by atoms with E-state index in [0.29, 0.717) is 28.9 Å². The Labute approximate surface area is 166 Å². The SMILES string of the molecule is CC(C)c1ccc(Oc2ncnc(Nc3ccc4c(c3)OCO4)c2[N+](=O)[O-])cc1. The molecule has 2 aromatic carbocycles. The lowest BCUT2D eigenvalue weighted by Gasteiger charge is -2.10. The minimum atomic E-state index is -0.576. The molecule has 0 fully saturated rings. The summed E-state index contributed by atoms with van der Waals surface area (Å²) in [6, 6.07) is 12.4. The third-order valence-electron chi connectivity index (χ3n) is 4.37. The smallest absolute Gasteiger partial charge is 0.373 e. The van der Waals surface area contributed by atoms with Crippen LogP contribution in [0.5, 0.6) is 23.1 Å². The van der Waals surface area contributed by atoms with Crippen molar-refractivity contribution in [2.75, 3.05) is 12.1 Å². The maximum Gasteiger partial charge on any atom is 0.373 e. The zero-order chi connectivity index (χ0) is 20.4. The average Bonchev–Trinajstić information content (AvgIpc) is 3.16. The van der Waals surface area contributed by atoms with E-state index in [1.165, 1.54) is 6.33 Å². The number of hydrogen-bond acceptors (Lipinski definition) is 8. The van der Waals surface area contributed by atoms with E-state index < -0.39 is 4.92 Å². The summed E-state index contributed by atoms with van der Waals surface area (Å²) < 4.78 is 16.3. The molecule has 1 aromatic heterocycles. The van der Waals surface area contributed by atoms with Crippen LogP contribution in [0.3, 0.4) is 0 Å². The lowest BCUT2D eigenvalue weighted by atomic mass is 10.0. The number of rotatable bonds is 6. The highest BCUT2D eigenvalue weighted by atomic mass is 16.7. The van der Waals surface area contributed by atoms with Gasteiger partial charge in [-0.05, 0) is 35.7 Å². The van der Waals surface area contributed by atoms with Crippen LogP contribution in [0.4, 0.5) is 17.2 Å². The van der Waals surface area contributed by atoms with Gasteiger partial charge in [-0.1, -0.05) is 26.0 Å². The molecule has 1 aliphatic rings. The van der Waals surface area contributed by atoms with Gasteiger partial charge in [-0.25, -0.2) is 4.98 Å². The van der Waals surface area contributed by atoms with Crippen molar-refractivity contribution in [3.8, 4) is 23.1 Å². The quantitative estimate of drug-likeness (QED) is 0.470. The van der Waals surface area contributed by atoms with Crippen molar-refractivity contribution < 1.29 is 19.1 Å². The summed E-state index contributed by atoms with van der Waals surface area (Å²) in [5.74, 6) is 1.85. The Morgan fingerprint density at radius 2 is 1.86 bits per heavy atom. The summed E-state index contributed by atoms with van der Waals surface area (Å²) in [6.07, 6.45) is 1.21. The molecule has 9 heteroatoms. The minimum Gasteiger partial charge on any atom is -0.454 e. The zero-order valence-corrected chi connectivity index (χ0v) is 15.8. The van der Waals surface area contributed by atoms with Crippen molar-refractivity contribution in [2.45, 2.75) is 19.8 Å². The summed E-state index contributed by atoms with van der Waals surface area (Å²) in [5.41, 5.74) is 1.33. The summed E-state index contributed by atoms with van der Waals surface area (Å²) in [4.78, 5) is 19.1. The predicted molar refractivity (Wildman–Crippen MR) is 105 cm³/mol. The van der Waals surface area contributed by atoms with Crippen LogP contribution in [-0.2, 0) is 0 Å². The lowest BCUT2D eigenvalue weighted by Crippen LogP contribution is -2.03. The number of benzene rings is 2. The molecule has 29 heavy (non-hydrogen) atoms. The second kappa shape index (κ2) is 7.63. The van der Waals surface area contributed by atoms with Gasteiger partial charge >= 0.3 is 11.6 Å². The molecule has 1 N–H and O–H groups in total. The van der Waals surface area contributed by atoms with Crippen LogP contribution in [0.25, 0.3) is 0 Å². The molecule has 0 amide bonds. The van der Waals surface area contributed by atoms with Crippen molar-refractivity contribution >= 4 is 17.2 Å². The fraction of sp³-hybridized carbons (Fsp3) is 0.200. The van der Waals surface area contributed by atoms with Crippen LogP contribution in [-0.4, -0.2) is 21.7 Å². The average molecular weight is 394 g/mol. The molecular weight excluding hydrogens is 376 g/mol. The van der Waals surface area contributed by atoms with Gasteiger partial charge in [0.2, 0.25) is 12.6 Å². The summed E-state index contributed by atoms with van der Waals surface area (Å²) in [5, 5.41) is 14.6. The Balaban J connectivity index is 1.63. The zero-order valence-electron chi connectivity index (χ0n) is 15.8. The number of nitrogens with zero attached hydrogens (tertiary/aromatic N) is 3. The van der Waals surface area contributed by atoms with Gasteiger partial charge in [-0.2, -0.15) is 4.98 Å². The van der Waals surface area contributed by atoms with Crippen LogP contribution in [0.15, 0.2) is 48.8 Å². The molecule has 148 valence electrons. The van der Waals surface area contributed by atoms with Gasteiger partial charge in [0, 0.05) is 11.8 Å². The van der Waals surface area contributed by atoms with E-state index >= 15 is 0 Å². The minimum absolute atomic E-state index is 0.0117. The van der Waals surface area contributed by atoms with Crippen LogP contribution in [0, 0.1) is 10.1 Å². The van der Waals surface area contributed by atoms with Crippen LogP contribution < -0.4 is 19.5 Å². The largest absolute Gasteiger partial charge is 0.454 e. The maximum absolute atomic E-state index is 11.7. The van der Waals surface area contributed by atoms with E-state index in [9.17, 15) is 10.1 Å². The molecule has 9 nitrogen and oxygen atoms in total. The second-order valence-electron chi connectivity index (χ2n) is 6.65. The molecule has 0 spiro atoms. The number of ether oxygens (including phenoxy) is 3. The number of nitrogens with one attached hydrogen (secondary N) is 1. The molecule has 0 radical (unpaired) electrons.